The first-order valence-corrected chi connectivity index (χ1v) is 7.85. The van der Waals surface area contributed by atoms with Gasteiger partial charge in [-0.2, -0.15) is 5.10 Å². The number of rotatable bonds is 2. The topological polar surface area (TPSA) is 86.9 Å². The number of nitrogens with zero attached hydrogens (tertiary/aromatic N) is 1. The summed E-state index contributed by atoms with van der Waals surface area (Å²) in [6.45, 7) is 0. The maximum absolute atomic E-state index is 12.6. The fraction of sp³-hybridized carbons (Fsp3) is 0.118. The highest BCUT2D eigenvalue weighted by molar-refractivity contribution is 6.32. The van der Waals surface area contributed by atoms with Crippen LogP contribution in [0, 0.1) is 0 Å². The normalized spacial score (nSPS) is 13.5. The molecule has 1 aromatic heterocycles. The smallest absolute Gasteiger partial charge is 0.256 e. The standard InChI is InChI=1S/C17H13ClN4O2/c18-10-6-12(13-8-19-22-15(13)7-10)17(24)20-11-2-3-14-9(5-11)1-4-16(23)21-14/h2-3,5-8H,1,4H2,(H,19,22)(H,20,24)(H,21,23). The summed E-state index contributed by atoms with van der Waals surface area (Å²) in [5.41, 5.74) is 3.64. The summed E-state index contributed by atoms with van der Waals surface area (Å²) >= 11 is 6.07. The van der Waals surface area contributed by atoms with Crippen LogP contribution < -0.4 is 10.6 Å². The molecule has 0 atom stereocenters. The minimum absolute atomic E-state index is 0.0144. The lowest BCUT2D eigenvalue weighted by atomic mass is 10.0. The molecule has 0 saturated carbocycles. The van der Waals surface area contributed by atoms with Crippen LogP contribution in [0.4, 0.5) is 11.4 Å². The summed E-state index contributed by atoms with van der Waals surface area (Å²) in [4.78, 5) is 24.0. The average Bonchev–Trinajstić information content (AvgIpc) is 3.02. The third-order valence-corrected chi connectivity index (χ3v) is 4.24. The van der Waals surface area contributed by atoms with Crippen LogP contribution in [0.2, 0.25) is 5.02 Å². The molecule has 120 valence electrons. The average molecular weight is 341 g/mol. The van der Waals surface area contributed by atoms with E-state index in [4.69, 9.17) is 11.6 Å². The lowest BCUT2D eigenvalue weighted by Crippen LogP contribution is -2.19. The number of amides is 2. The summed E-state index contributed by atoms with van der Waals surface area (Å²) in [7, 11) is 0. The van der Waals surface area contributed by atoms with Crippen molar-refractivity contribution >= 4 is 45.7 Å². The van der Waals surface area contributed by atoms with Crippen LogP contribution in [-0.4, -0.2) is 22.0 Å². The molecule has 0 bridgehead atoms. The number of benzene rings is 2. The van der Waals surface area contributed by atoms with Gasteiger partial charge in [0.25, 0.3) is 5.91 Å². The molecule has 3 aromatic rings. The summed E-state index contributed by atoms with van der Waals surface area (Å²) in [6.07, 6.45) is 2.71. The van der Waals surface area contributed by atoms with E-state index in [-0.39, 0.29) is 11.8 Å². The van der Waals surface area contributed by atoms with E-state index in [0.29, 0.717) is 40.0 Å². The van der Waals surface area contributed by atoms with Gasteiger partial charge in [-0.25, -0.2) is 0 Å². The second-order valence-corrected chi connectivity index (χ2v) is 6.10. The van der Waals surface area contributed by atoms with Gasteiger partial charge in [0.15, 0.2) is 0 Å². The second kappa shape index (κ2) is 5.65. The molecule has 0 radical (unpaired) electrons. The maximum Gasteiger partial charge on any atom is 0.256 e. The molecule has 2 amide bonds. The molecule has 4 rings (SSSR count). The van der Waals surface area contributed by atoms with Crippen molar-refractivity contribution in [3.8, 4) is 0 Å². The van der Waals surface area contributed by atoms with Gasteiger partial charge in [0.05, 0.1) is 17.3 Å². The van der Waals surface area contributed by atoms with E-state index in [1.807, 2.05) is 6.07 Å². The number of aryl methyl sites for hydroxylation is 1. The molecule has 1 aliphatic heterocycles. The van der Waals surface area contributed by atoms with Crippen molar-refractivity contribution in [1.29, 1.82) is 0 Å². The van der Waals surface area contributed by atoms with Gasteiger partial charge < -0.3 is 10.6 Å². The molecule has 2 heterocycles. The highest BCUT2D eigenvalue weighted by Crippen LogP contribution is 2.27. The Labute approximate surface area is 142 Å². The van der Waals surface area contributed by atoms with Gasteiger partial charge in [0.1, 0.15) is 0 Å². The Morgan fingerprint density at radius 2 is 2.08 bits per heavy atom. The molecular formula is C17H13ClN4O2. The van der Waals surface area contributed by atoms with Crippen LogP contribution in [-0.2, 0) is 11.2 Å². The van der Waals surface area contributed by atoms with E-state index >= 15 is 0 Å². The molecule has 24 heavy (non-hydrogen) atoms. The van der Waals surface area contributed by atoms with E-state index in [2.05, 4.69) is 20.8 Å². The van der Waals surface area contributed by atoms with Crippen molar-refractivity contribution in [1.82, 2.24) is 10.2 Å². The molecule has 2 aromatic carbocycles. The maximum atomic E-state index is 12.6. The van der Waals surface area contributed by atoms with Crippen LogP contribution in [0.5, 0.6) is 0 Å². The SMILES string of the molecule is O=C1CCc2cc(NC(=O)c3cc(Cl)cc4[nH]ncc34)ccc2N1. The van der Waals surface area contributed by atoms with E-state index in [0.717, 1.165) is 11.3 Å². The van der Waals surface area contributed by atoms with Crippen molar-refractivity contribution in [3.05, 3.63) is 52.7 Å². The Bertz CT molecular complexity index is 980. The third-order valence-electron chi connectivity index (χ3n) is 4.03. The summed E-state index contributed by atoms with van der Waals surface area (Å²) in [5, 5.41) is 13.6. The van der Waals surface area contributed by atoms with Gasteiger partial charge in [-0.1, -0.05) is 11.6 Å². The predicted octanol–water partition coefficient (Wildman–Crippen LogP) is 3.35. The monoisotopic (exact) mass is 340 g/mol. The van der Waals surface area contributed by atoms with Gasteiger partial charge >= 0.3 is 0 Å². The highest BCUT2D eigenvalue weighted by Gasteiger charge is 2.17. The first kappa shape index (κ1) is 14.7. The van der Waals surface area contributed by atoms with Gasteiger partial charge in [-0.3, -0.25) is 14.7 Å². The number of hydrogen-bond donors (Lipinski definition) is 3. The molecule has 6 nitrogen and oxygen atoms in total. The molecule has 0 spiro atoms. The van der Waals surface area contributed by atoms with E-state index in [1.54, 1.807) is 30.5 Å². The fourth-order valence-electron chi connectivity index (χ4n) is 2.86. The van der Waals surface area contributed by atoms with Crippen LogP contribution in [0.15, 0.2) is 36.5 Å². The Balaban J connectivity index is 1.64. The van der Waals surface area contributed by atoms with Crippen LogP contribution in [0.1, 0.15) is 22.3 Å². The lowest BCUT2D eigenvalue weighted by Gasteiger charge is -2.17. The van der Waals surface area contributed by atoms with Gasteiger partial charge in [-0.15, -0.1) is 0 Å². The van der Waals surface area contributed by atoms with Crippen molar-refractivity contribution in [2.24, 2.45) is 0 Å². The van der Waals surface area contributed by atoms with E-state index in [1.165, 1.54) is 0 Å². The highest BCUT2D eigenvalue weighted by atomic mass is 35.5. The molecule has 7 heteroatoms. The van der Waals surface area contributed by atoms with Crippen LogP contribution in [0.25, 0.3) is 10.9 Å². The first-order chi connectivity index (χ1) is 11.6. The summed E-state index contributed by atoms with van der Waals surface area (Å²) in [5.74, 6) is -0.246. The van der Waals surface area contributed by atoms with Crippen molar-refractivity contribution in [3.63, 3.8) is 0 Å². The number of carbonyl (C=O) groups is 2. The quantitative estimate of drug-likeness (QED) is 0.668. The van der Waals surface area contributed by atoms with Crippen molar-refractivity contribution in [2.45, 2.75) is 12.8 Å². The summed E-state index contributed by atoms with van der Waals surface area (Å²) in [6, 6.07) is 8.78. The molecule has 0 fully saturated rings. The third kappa shape index (κ3) is 2.61. The van der Waals surface area contributed by atoms with Gasteiger partial charge in [0, 0.05) is 28.2 Å². The molecule has 1 aliphatic rings. The molecule has 3 N–H and O–H groups in total. The molecule has 0 saturated heterocycles. The Morgan fingerprint density at radius 3 is 2.96 bits per heavy atom. The first-order valence-electron chi connectivity index (χ1n) is 7.47. The molecule has 0 aliphatic carbocycles. The largest absolute Gasteiger partial charge is 0.326 e. The number of hydrogen-bond acceptors (Lipinski definition) is 3. The Morgan fingerprint density at radius 1 is 1.21 bits per heavy atom. The number of fused-ring (bicyclic) bond motifs is 2. The number of aromatic nitrogens is 2. The second-order valence-electron chi connectivity index (χ2n) is 5.66. The number of anilines is 2. The van der Waals surface area contributed by atoms with Crippen LogP contribution in [0.3, 0.4) is 0 Å². The minimum atomic E-state index is -0.260. The zero-order valence-electron chi connectivity index (χ0n) is 12.5. The summed E-state index contributed by atoms with van der Waals surface area (Å²) < 4.78 is 0. The number of nitrogens with one attached hydrogen (secondary N) is 3. The Hall–Kier alpha value is -2.86. The Kier molecular flexibility index (Phi) is 3.46. The molecule has 0 unspecified atom stereocenters. The predicted molar refractivity (Wildman–Crippen MR) is 92.4 cm³/mol. The number of H-pyrrole nitrogens is 1. The van der Waals surface area contributed by atoms with Gasteiger partial charge in [-0.05, 0) is 42.3 Å². The molecular weight excluding hydrogens is 328 g/mol. The zero-order valence-corrected chi connectivity index (χ0v) is 13.3. The van der Waals surface area contributed by atoms with E-state index < -0.39 is 0 Å². The lowest BCUT2D eigenvalue weighted by molar-refractivity contribution is -0.116. The number of aromatic amines is 1. The van der Waals surface area contributed by atoms with Crippen molar-refractivity contribution < 1.29 is 9.59 Å². The number of halogens is 1. The van der Waals surface area contributed by atoms with Crippen molar-refractivity contribution in [2.75, 3.05) is 10.6 Å². The zero-order chi connectivity index (χ0) is 16.7. The fourth-order valence-corrected chi connectivity index (χ4v) is 3.08. The van der Waals surface area contributed by atoms with Gasteiger partial charge in [0.2, 0.25) is 5.91 Å². The number of carbonyl (C=O) groups excluding carboxylic acids is 2. The van der Waals surface area contributed by atoms with E-state index in [9.17, 15) is 9.59 Å². The van der Waals surface area contributed by atoms with Crippen LogP contribution >= 0.6 is 11.6 Å². The minimum Gasteiger partial charge on any atom is -0.326 e.